The van der Waals surface area contributed by atoms with E-state index in [2.05, 4.69) is 130 Å². The van der Waals surface area contributed by atoms with Crippen LogP contribution in [0.25, 0.3) is 16.8 Å². The summed E-state index contributed by atoms with van der Waals surface area (Å²) in [5.41, 5.74) is 9.47. The van der Waals surface area contributed by atoms with Gasteiger partial charge in [0.1, 0.15) is 0 Å². The number of nitrogens with zero attached hydrogens (tertiary/aromatic N) is 4. The summed E-state index contributed by atoms with van der Waals surface area (Å²) in [6, 6.07) is 33.5. The fraction of sp³-hybridized carbons (Fsp3) is 0.257. The van der Waals surface area contributed by atoms with Crippen LogP contribution in [-0.4, -0.2) is 30.3 Å². The zero-order valence-electron chi connectivity index (χ0n) is 23.2. The van der Waals surface area contributed by atoms with Crippen molar-refractivity contribution in [3.8, 4) is 0 Å². The first kappa shape index (κ1) is 24.8. The summed E-state index contributed by atoms with van der Waals surface area (Å²) < 4.78 is 2.34. The molecule has 0 aliphatic heterocycles. The van der Waals surface area contributed by atoms with Gasteiger partial charge in [0.25, 0.3) is 0 Å². The molecule has 5 nitrogen and oxygen atoms in total. The smallest absolute Gasteiger partial charge is 0.156 e. The first-order chi connectivity index (χ1) is 19.6. The first-order valence-corrected chi connectivity index (χ1v) is 14.3. The lowest BCUT2D eigenvalue weighted by Crippen LogP contribution is -2.34. The molecule has 1 N–H and O–H groups in total. The van der Waals surface area contributed by atoms with Gasteiger partial charge in [0.15, 0.2) is 11.3 Å². The molecular weight excluding hydrogens is 490 g/mol. The van der Waals surface area contributed by atoms with Crippen LogP contribution in [0.3, 0.4) is 0 Å². The molecule has 3 aromatic carbocycles. The molecule has 6 aromatic rings. The number of hydrogen-bond acceptors (Lipinski definition) is 3. The third-order valence-electron chi connectivity index (χ3n) is 8.98. The highest BCUT2D eigenvalue weighted by molar-refractivity contribution is 5.75. The molecule has 7 rings (SSSR count). The second-order valence-corrected chi connectivity index (χ2v) is 11.7. The molecule has 3 unspecified atom stereocenters. The van der Waals surface area contributed by atoms with Gasteiger partial charge >= 0.3 is 0 Å². The van der Waals surface area contributed by atoms with Crippen LogP contribution in [0, 0.1) is 6.92 Å². The van der Waals surface area contributed by atoms with Crippen molar-refractivity contribution < 1.29 is 0 Å². The van der Waals surface area contributed by atoms with Crippen LogP contribution >= 0.6 is 0 Å². The topological polar surface area (TPSA) is 49.2 Å². The van der Waals surface area contributed by atoms with Gasteiger partial charge in [0.2, 0.25) is 0 Å². The number of H-pyrrole nitrogens is 1. The van der Waals surface area contributed by atoms with Gasteiger partial charge in [0, 0.05) is 42.6 Å². The minimum atomic E-state index is -0.116. The summed E-state index contributed by atoms with van der Waals surface area (Å²) in [6.45, 7) is 6.52. The van der Waals surface area contributed by atoms with Crippen molar-refractivity contribution >= 4 is 16.8 Å². The van der Waals surface area contributed by atoms with E-state index in [0.717, 1.165) is 42.7 Å². The summed E-state index contributed by atoms with van der Waals surface area (Å²) >= 11 is 0. The number of nitrogens with one attached hydrogen (secondary N) is 1. The summed E-state index contributed by atoms with van der Waals surface area (Å²) in [5.74, 6) is 0.355. The van der Waals surface area contributed by atoms with Gasteiger partial charge in [-0.15, -0.1) is 0 Å². The number of rotatable bonds is 7. The summed E-state index contributed by atoms with van der Waals surface area (Å²) in [4.78, 5) is 15.5. The Hall–Kier alpha value is -4.22. The number of fused-ring (bicyclic) bond motifs is 3. The Morgan fingerprint density at radius 1 is 0.875 bits per heavy atom. The normalized spacial score (nSPS) is 21.1. The molecular formula is C35H35N5. The van der Waals surface area contributed by atoms with Crippen molar-refractivity contribution in [2.24, 2.45) is 0 Å². The quantitative estimate of drug-likeness (QED) is 0.236. The lowest BCUT2D eigenvalue weighted by molar-refractivity contribution is 0.174. The van der Waals surface area contributed by atoms with Crippen LogP contribution in [0.1, 0.15) is 53.6 Å². The molecule has 0 saturated heterocycles. The van der Waals surface area contributed by atoms with E-state index in [9.17, 15) is 0 Å². The summed E-state index contributed by atoms with van der Waals surface area (Å²) in [5, 5.41) is 0. The van der Waals surface area contributed by atoms with E-state index in [4.69, 9.17) is 4.98 Å². The maximum absolute atomic E-state index is 4.86. The molecule has 1 aliphatic carbocycles. The van der Waals surface area contributed by atoms with E-state index in [-0.39, 0.29) is 5.41 Å². The maximum atomic E-state index is 4.86. The number of aromatic nitrogens is 4. The highest BCUT2D eigenvalue weighted by atomic mass is 15.2. The monoisotopic (exact) mass is 525 g/mol. The molecule has 1 fully saturated rings. The van der Waals surface area contributed by atoms with Gasteiger partial charge in [-0.05, 0) is 48.4 Å². The Kier molecular flexibility index (Phi) is 6.24. The largest absolute Gasteiger partial charge is 0.345 e. The third kappa shape index (κ3) is 4.40. The molecule has 3 heterocycles. The van der Waals surface area contributed by atoms with Crippen molar-refractivity contribution in [3.05, 3.63) is 138 Å². The number of benzene rings is 3. The van der Waals surface area contributed by atoms with E-state index in [0.29, 0.717) is 12.0 Å². The van der Waals surface area contributed by atoms with E-state index in [1.165, 1.54) is 27.9 Å². The van der Waals surface area contributed by atoms with E-state index in [1.54, 1.807) is 0 Å². The van der Waals surface area contributed by atoms with E-state index >= 15 is 0 Å². The van der Waals surface area contributed by atoms with Crippen LogP contribution in [0.5, 0.6) is 0 Å². The molecule has 1 aliphatic rings. The fourth-order valence-electron chi connectivity index (χ4n) is 7.02. The van der Waals surface area contributed by atoms with Crippen molar-refractivity contribution in [1.29, 1.82) is 0 Å². The van der Waals surface area contributed by atoms with Crippen molar-refractivity contribution in [3.63, 3.8) is 0 Å². The van der Waals surface area contributed by atoms with E-state index < -0.39 is 0 Å². The Balaban J connectivity index is 1.34. The Bertz CT molecular complexity index is 1710. The molecule has 40 heavy (non-hydrogen) atoms. The molecule has 200 valence electrons. The van der Waals surface area contributed by atoms with Gasteiger partial charge in [-0.25, -0.2) is 9.97 Å². The standard InChI is InChI=1S/C35H35N5/c1-25-10-9-15-28(18-25)30-19-29(39(23-26-11-5-3-6-12-26)24-27-13-7-4-8-14-27)20-35(30,2)32-21-37-33-22-38-34-31(40(32)33)16-17-36-34/h3-18,21-22,29-30,36H,19-20,23-24H2,1-2H3. The van der Waals surface area contributed by atoms with Crippen molar-refractivity contribution in [2.75, 3.05) is 0 Å². The minimum absolute atomic E-state index is 0.116. The van der Waals surface area contributed by atoms with Gasteiger partial charge in [-0.2, -0.15) is 0 Å². The lowest BCUT2D eigenvalue weighted by Gasteiger charge is -2.33. The van der Waals surface area contributed by atoms with Gasteiger partial charge in [-0.3, -0.25) is 9.30 Å². The first-order valence-electron chi connectivity index (χ1n) is 14.3. The fourth-order valence-corrected chi connectivity index (χ4v) is 7.02. The van der Waals surface area contributed by atoms with Crippen LogP contribution in [0.15, 0.2) is 110 Å². The second-order valence-electron chi connectivity index (χ2n) is 11.7. The molecule has 5 heteroatoms. The average Bonchev–Trinajstić information content (AvgIpc) is 3.71. The lowest BCUT2D eigenvalue weighted by atomic mass is 9.73. The molecule has 0 spiro atoms. The minimum Gasteiger partial charge on any atom is -0.345 e. The molecule has 0 amide bonds. The molecule has 3 atom stereocenters. The Morgan fingerprint density at radius 2 is 1.60 bits per heavy atom. The zero-order chi connectivity index (χ0) is 27.1. The molecule has 0 radical (unpaired) electrons. The van der Waals surface area contributed by atoms with Crippen molar-refractivity contribution in [1.82, 2.24) is 24.3 Å². The second kappa shape index (κ2) is 10.1. The van der Waals surface area contributed by atoms with Crippen LogP contribution in [0.4, 0.5) is 0 Å². The van der Waals surface area contributed by atoms with Gasteiger partial charge < -0.3 is 4.98 Å². The van der Waals surface area contributed by atoms with Crippen LogP contribution < -0.4 is 0 Å². The number of aromatic amines is 1. The predicted molar refractivity (Wildman–Crippen MR) is 161 cm³/mol. The molecule has 1 saturated carbocycles. The molecule has 0 bridgehead atoms. The van der Waals surface area contributed by atoms with Gasteiger partial charge in [-0.1, -0.05) is 97.4 Å². The van der Waals surface area contributed by atoms with Crippen molar-refractivity contribution in [2.45, 2.75) is 57.2 Å². The van der Waals surface area contributed by atoms with Gasteiger partial charge in [0.05, 0.1) is 11.7 Å². The summed E-state index contributed by atoms with van der Waals surface area (Å²) in [6.07, 6.45) is 8.10. The zero-order valence-corrected chi connectivity index (χ0v) is 23.2. The predicted octanol–water partition coefficient (Wildman–Crippen LogP) is 7.43. The SMILES string of the molecule is Cc1cccc(C2CC(N(Cc3ccccc3)Cc3ccccc3)CC2(C)c2cnc3cnc4[nH]ccc4n23)c1. The summed E-state index contributed by atoms with van der Waals surface area (Å²) in [7, 11) is 0. The number of imidazole rings is 1. The highest BCUT2D eigenvalue weighted by Crippen LogP contribution is 2.53. The Morgan fingerprint density at radius 3 is 2.30 bits per heavy atom. The Labute approximate surface area is 235 Å². The maximum Gasteiger partial charge on any atom is 0.156 e. The van der Waals surface area contributed by atoms with Crippen LogP contribution in [-0.2, 0) is 18.5 Å². The van der Waals surface area contributed by atoms with Crippen LogP contribution in [0.2, 0.25) is 0 Å². The molecule has 3 aromatic heterocycles. The number of aryl methyl sites for hydroxylation is 1. The highest BCUT2D eigenvalue weighted by Gasteiger charge is 2.49. The average molecular weight is 526 g/mol. The number of hydrogen-bond donors (Lipinski definition) is 1. The van der Waals surface area contributed by atoms with E-state index in [1.807, 2.05) is 12.4 Å². The third-order valence-corrected chi connectivity index (χ3v) is 8.98.